The second-order valence-corrected chi connectivity index (χ2v) is 5.79. The van der Waals surface area contributed by atoms with Crippen molar-refractivity contribution in [3.63, 3.8) is 0 Å². The van der Waals surface area contributed by atoms with Crippen LogP contribution in [0.1, 0.15) is 15.9 Å². The summed E-state index contributed by atoms with van der Waals surface area (Å²) in [5.41, 5.74) is 1.53. The Balaban J connectivity index is 1.50. The van der Waals surface area contributed by atoms with E-state index in [2.05, 4.69) is 20.8 Å². The Labute approximate surface area is 156 Å². The molecule has 0 radical (unpaired) electrons. The van der Waals surface area contributed by atoms with Gasteiger partial charge in [-0.3, -0.25) is 4.79 Å². The quantitative estimate of drug-likeness (QED) is 0.669. The number of carbonyl (C=O) groups excluding carboxylic acids is 1. The summed E-state index contributed by atoms with van der Waals surface area (Å²) in [7, 11) is 1.57. The normalized spacial score (nSPS) is 10.3. The zero-order valence-corrected chi connectivity index (χ0v) is 14.8. The number of halogens is 1. The van der Waals surface area contributed by atoms with Gasteiger partial charge in [-0.2, -0.15) is 0 Å². The molecule has 27 heavy (non-hydrogen) atoms. The summed E-state index contributed by atoms with van der Waals surface area (Å²) in [6.07, 6.45) is 0.734. The van der Waals surface area contributed by atoms with Crippen molar-refractivity contribution >= 4 is 17.5 Å². The standard InChI is InChI=1S/C20H19FN4O2/c1-27-17-8-4-15(5-9-17)20(26)23-19-11-10-18(24-25-19)22-13-12-14-2-6-16(21)7-3-14/h2-11H,12-13H2,1H3,(H,22,24)(H,23,25,26). The number of amides is 1. The summed E-state index contributed by atoms with van der Waals surface area (Å²) >= 11 is 0. The first kappa shape index (κ1) is 18.3. The van der Waals surface area contributed by atoms with Crippen molar-refractivity contribution in [1.82, 2.24) is 10.2 Å². The zero-order valence-electron chi connectivity index (χ0n) is 14.8. The van der Waals surface area contributed by atoms with Crippen LogP contribution in [0.2, 0.25) is 0 Å². The average molecular weight is 366 g/mol. The molecule has 0 aliphatic carbocycles. The van der Waals surface area contributed by atoms with Gasteiger partial charge in [0.1, 0.15) is 17.4 Å². The Bertz CT molecular complexity index is 881. The molecule has 6 nitrogen and oxygen atoms in total. The van der Waals surface area contributed by atoms with Crippen molar-refractivity contribution in [2.24, 2.45) is 0 Å². The van der Waals surface area contributed by atoms with E-state index >= 15 is 0 Å². The second-order valence-electron chi connectivity index (χ2n) is 5.79. The molecular formula is C20H19FN4O2. The number of hydrogen-bond donors (Lipinski definition) is 2. The number of benzene rings is 2. The summed E-state index contributed by atoms with van der Waals surface area (Å²) in [6, 6.07) is 16.6. The van der Waals surface area contributed by atoms with Crippen molar-refractivity contribution < 1.29 is 13.9 Å². The third kappa shape index (κ3) is 5.24. The summed E-state index contributed by atoms with van der Waals surface area (Å²) < 4.78 is 17.9. The topological polar surface area (TPSA) is 76.1 Å². The molecule has 3 rings (SSSR count). The third-order valence-corrected chi connectivity index (χ3v) is 3.89. The molecule has 0 bridgehead atoms. The molecule has 0 atom stereocenters. The van der Waals surface area contributed by atoms with Crippen LogP contribution in [0.25, 0.3) is 0 Å². The molecule has 7 heteroatoms. The van der Waals surface area contributed by atoms with E-state index in [1.54, 1.807) is 55.6 Å². The van der Waals surface area contributed by atoms with E-state index < -0.39 is 0 Å². The number of carbonyl (C=O) groups is 1. The van der Waals surface area contributed by atoms with Gasteiger partial charge in [0.15, 0.2) is 5.82 Å². The van der Waals surface area contributed by atoms with E-state index in [0.717, 1.165) is 12.0 Å². The Morgan fingerprint density at radius 1 is 0.963 bits per heavy atom. The summed E-state index contributed by atoms with van der Waals surface area (Å²) in [6.45, 7) is 0.637. The SMILES string of the molecule is COc1ccc(C(=O)Nc2ccc(NCCc3ccc(F)cc3)nn2)cc1. The predicted octanol–water partition coefficient (Wildman–Crippen LogP) is 3.53. The maximum Gasteiger partial charge on any atom is 0.256 e. The van der Waals surface area contributed by atoms with Crippen LogP contribution in [-0.2, 0) is 6.42 Å². The van der Waals surface area contributed by atoms with E-state index in [-0.39, 0.29) is 11.7 Å². The first-order chi connectivity index (χ1) is 13.1. The molecule has 138 valence electrons. The molecule has 0 saturated carbocycles. The molecule has 0 fully saturated rings. The van der Waals surface area contributed by atoms with E-state index in [1.807, 2.05) is 0 Å². The Morgan fingerprint density at radius 2 is 1.63 bits per heavy atom. The zero-order chi connectivity index (χ0) is 19.1. The number of aromatic nitrogens is 2. The van der Waals surface area contributed by atoms with E-state index in [4.69, 9.17) is 4.74 Å². The van der Waals surface area contributed by atoms with Gasteiger partial charge in [-0.15, -0.1) is 10.2 Å². The fraction of sp³-hybridized carbons (Fsp3) is 0.150. The maximum absolute atomic E-state index is 12.9. The van der Waals surface area contributed by atoms with Crippen molar-refractivity contribution in [2.75, 3.05) is 24.3 Å². The molecule has 0 unspecified atom stereocenters. The Kier molecular flexibility index (Phi) is 5.94. The molecule has 1 heterocycles. The monoisotopic (exact) mass is 366 g/mol. The van der Waals surface area contributed by atoms with E-state index in [0.29, 0.717) is 29.5 Å². The van der Waals surface area contributed by atoms with Gasteiger partial charge in [0.25, 0.3) is 5.91 Å². The summed E-state index contributed by atoms with van der Waals surface area (Å²) in [5, 5.41) is 13.9. The Hall–Kier alpha value is -3.48. The highest BCUT2D eigenvalue weighted by atomic mass is 19.1. The van der Waals surface area contributed by atoms with Crippen LogP contribution in [0.3, 0.4) is 0 Å². The number of ether oxygens (including phenoxy) is 1. The molecule has 0 saturated heterocycles. The van der Waals surface area contributed by atoms with Crippen LogP contribution in [0.15, 0.2) is 60.7 Å². The van der Waals surface area contributed by atoms with Gasteiger partial charge in [-0.1, -0.05) is 12.1 Å². The van der Waals surface area contributed by atoms with Crippen LogP contribution in [-0.4, -0.2) is 29.8 Å². The third-order valence-electron chi connectivity index (χ3n) is 3.89. The predicted molar refractivity (Wildman–Crippen MR) is 102 cm³/mol. The van der Waals surface area contributed by atoms with Crippen molar-refractivity contribution in [3.8, 4) is 5.75 Å². The first-order valence-electron chi connectivity index (χ1n) is 8.41. The van der Waals surface area contributed by atoms with Gasteiger partial charge in [-0.05, 0) is 60.5 Å². The fourth-order valence-electron chi connectivity index (χ4n) is 2.41. The average Bonchev–Trinajstić information content (AvgIpc) is 2.71. The highest BCUT2D eigenvalue weighted by Crippen LogP contribution is 2.13. The lowest BCUT2D eigenvalue weighted by atomic mass is 10.1. The van der Waals surface area contributed by atoms with Gasteiger partial charge in [-0.25, -0.2) is 4.39 Å². The number of nitrogens with zero attached hydrogens (tertiary/aromatic N) is 2. The lowest BCUT2D eigenvalue weighted by Crippen LogP contribution is -2.14. The lowest BCUT2D eigenvalue weighted by Gasteiger charge is -2.07. The van der Waals surface area contributed by atoms with Gasteiger partial charge >= 0.3 is 0 Å². The van der Waals surface area contributed by atoms with Crippen molar-refractivity contribution in [3.05, 3.63) is 77.6 Å². The van der Waals surface area contributed by atoms with Crippen LogP contribution in [0, 0.1) is 5.82 Å². The van der Waals surface area contributed by atoms with Crippen LogP contribution in [0.4, 0.5) is 16.0 Å². The second kappa shape index (κ2) is 8.75. The smallest absolute Gasteiger partial charge is 0.256 e. The Morgan fingerprint density at radius 3 is 2.26 bits per heavy atom. The van der Waals surface area contributed by atoms with E-state index in [9.17, 15) is 9.18 Å². The number of hydrogen-bond acceptors (Lipinski definition) is 5. The van der Waals surface area contributed by atoms with Crippen LogP contribution >= 0.6 is 0 Å². The molecule has 1 aromatic heterocycles. The molecule has 2 N–H and O–H groups in total. The number of nitrogens with one attached hydrogen (secondary N) is 2. The molecule has 0 aliphatic heterocycles. The van der Waals surface area contributed by atoms with Gasteiger partial charge in [0.05, 0.1) is 7.11 Å². The van der Waals surface area contributed by atoms with Gasteiger partial charge < -0.3 is 15.4 Å². The van der Waals surface area contributed by atoms with Crippen molar-refractivity contribution in [1.29, 1.82) is 0 Å². The van der Waals surface area contributed by atoms with Gasteiger partial charge in [0.2, 0.25) is 0 Å². The number of anilines is 2. The minimum atomic E-state index is -0.274. The van der Waals surface area contributed by atoms with Crippen LogP contribution in [0.5, 0.6) is 5.75 Å². The number of methoxy groups -OCH3 is 1. The highest BCUT2D eigenvalue weighted by Gasteiger charge is 2.07. The lowest BCUT2D eigenvalue weighted by molar-refractivity contribution is 0.102. The molecule has 0 spiro atoms. The number of rotatable bonds is 7. The fourth-order valence-corrected chi connectivity index (χ4v) is 2.41. The molecule has 0 aliphatic rings. The minimum Gasteiger partial charge on any atom is -0.497 e. The molecule has 3 aromatic rings. The van der Waals surface area contributed by atoms with Crippen molar-refractivity contribution in [2.45, 2.75) is 6.42 Å². The molecular weight excluding hydrogens is 347 g/mol. The van der Waals surface area contributed by atoms with Gasteiger partial charge in [0, 0.05) is 12.1 Å². The molecule has 2 aromatic carbocycles. The van der Waals surface area contributed by atoms with Crippen LogP contribution < -0.4 is 15.4 Å². The maximum atomic E-state index is 12.9. The summed E-state index contributed by atoms with van der Waals surface area (Å²) in [4.78, 5) is 12.2. The molecule has 1 amide bonds. The largest absolute Gasteiger partial charge is 0.497 e. The van der Waals surface area contributed by atoms with E-state index in [1.165, 1.54) is 12.1 Å². The summed E-state index contributed by atoms with van der Waals surface area (Å²) in [5.74, 6) is 1.12. The highest BCUT2D eigenvalue weighted by molar-refractivity contribution is 6.03. The first-order valence-corrected chi connectivity index (χ1v) is 8.41. The minimum absolute atomic E-state index is 0.246.